The lowest BCUT2D eigenvalue weighted by molar-refractivity contribution is 0.344. The molecule has 2 rings (SSSR count). The molecule has 0 bridgehead atoms. The van der Waals surface area contributed by atoms with Crippen molar-refractivity contribution in [2.45, 2.75) is 30.8 Å². The normalized spacial score (nSPS) is 22.0. The van der Waals surface area contributed by atoms with Gasteiger partial charge in [-0.2, -0.15) is 0 Å². The van der Waals surface area contributed by atoms with E-state index in [-0.39, 0.29) is 12.3 Å². The Hall–Kier alpha value is -0.970. The Labute approximate surface area is 118 Å². The molecule has 0 aromatic carbocycles. The molecule has 114 valence electrons. The van der Waals surface area contributed by atoms with Crippen molar-refractivity contribution >= 4 is 20.0 Å². The van der Waals surface area contributed by atoms with Gasteiger partial charge in [0.25, 0.3) is 0 Å². The van der Waals surface area contributed by atoms with Crippen LogP contribution in [-0.2, 0) is 25.8 Å². The molecule has 8 nitrogen and oxygen atoms in total. The monoisotopic (exact) mass is 323 g/mol. The summed E-state index contributed by atoms with van der Waals surface area (Å²) in [4.78, 5) is 0. The number of nitrogens with zero attached hydrogens (tertiary/aromatic N) is 2. The average molecular weight is 323 g/mol. The molecule has 0 amide bonds. The number of primary sulfonamides is 1. The fraction of sp³-hybridized carbons (Fsp3) is 0.700. The number of aryl methyl sites for hydroxylation is 1. The highest BCUT2D eigenvalue weighted by atomic mass is 32.2. The summed E-state index contributed by atoms with van der Waals surface area (Å²) in [7, 11) is -7.35. The molecule has 0 aliphatic carbocycles. The first-order valence-electron chi connectivity index (χ1n) is 6.10. The Balaban J connectivity index is 2.13. The average Bonchev–Trinajstić information content (AvgIpc) is 2.73. The van der Waals surface area contributed by atoms with E-state index in [1.165, 1.54) is 0 Å². The van der Waals surface area contributed by atoms with E-state index in [1.807, 2.05) is 0 Å². The van der Waals surface area contributed by atoms with Gasteiger partial charge in [0.05, 0.1) is 5.25 Å². The van der Waals surface area contributed by atoms with Gasteiger partial charge in [-0.1, -0.05) is 5.16 Å². The van der Waals surface area contributed by atoms with Crippen LogP contribution in [0.4, 0.5) is 0 Å². The van der Waals surface area contributed by atoms with Crippen LogP contribution >= 0.6 is 0 Å². The van der Waals surface area contributed by atoms with Crippen LogP contribution in [0.1, 0.15) is 24.3 Å². The van der Waals surface area contributed by atoms with Crippen molar-refractivity contribution in [3.63, 3.8) is 0 Å². The largest absolute Gasteiger partial charge is 0.361 e. The zero-order valence-corrected chi connectivity index (χ0v) is 12.7. The Morgan fingerprint density at radius 1 is 1.45 bits per heavy atom. The van der Waals surface area contributed by atoms with E-state index in [0.717, 1.165) is 4.31 Å². The summed E-state index contributed by atoms with van der Waals surface area (Å²) in [5.74, 6) is 0.220. The van der Waals surface area contributed by atoms with Gasteiger partial charge in [-0.15, -0.1) is 0 Å². The van der Waals surface area contributed by atoms with Gasteiger partial charge in [-0.25, -0.2) is 26.3 Å². The van der Waals surface area contributed by atoms with Gasteiger partial charge < -0.3 is 4.52 Å². The van der Waals surface area contributed by atoms with Crippen LogP contribution in [0.15, 0.2) is 10.6 Å². The highest BCUT2D eigenvalue weighted by Gasteiger charge is 2.34. The van der Waals surface area contributed by atoms with Gasteiger partial charge in [0.2, 0.25) is 20.0 Å². The van der Waals surface area contributed by atoms with Crippen molar-refractivity contribution in [3.05, 3.63) is 17.5 Å². The van der Waals surface area contributed by atoms with E-state index in [1.54, 1.807) is 13.0 Å². The van der Waals surface area contributed by atoms with Crippen LogP contribution in [-0.4, -0.2) is 44.6 Å². The summed E-state index contributed by atoms with van der Waals surface area (Å²) in [6.45, 7) is 1.87. The van der Waals surface area contributed by atoms with E-state index >= 15 is 0 Å². The molecule has 1 atom stereocenters. The van der Waals surface area contributed by atoms with Crippen molar-refractivity contribution < 1.29 is 21.4 Å². The first kappa shape index (κ1) is 15.4. The Morgan fingerprint density at radius 3 is 2.70 bits per heavy atom. The summed E-state index contributed by atoms with van der Waals surface area (Å²) in [5.41, 5.74) is 0.306. The van der Waals surface area contributed by atoms with E-state index in [0.29, 0.717) is 30.8 Å². The Bertz CT molecular complexity index is 680. The third-order valence-electron chi connectivity index (χ3n) is 3.21. The first-order chi connectivity index (χ1) is 9.18. The minimum Gasteiger partial charge on any atom is -0.361 e. The molecular formula is C10H17N3O5S2. The number of nitrogens with two attached hydrogens (primary N) is 1. The summed E-state index contributed by atoms with van der Waals surface area (Å²) in [6, 6.07) is 1.54. The van der Waals surface area contributed by atoms with E-state index in [2.05, 4.69) is 5.16 Å². The van der Waals surface area contributed by atoms with Gasteiger partial charge in [-0.05, 0) is 19.8 Å². The van der Waals surface area contributed by atoms with Crippen molar-refractivity contribution in [1.82, 2.24) is 9.46 Å². The van der Waals surface area contributed by atoms with Crippen molar-refractivity contribution in [1.29, 1.82) is 0 Å². The van der Waals surface area contributed by atoms with Gasteiger partial charge in [0.1, 0.15) is 17.2 Å². The lowest BCUT2D eigenvalue weighted by atomic mass is 10.2. The summed E-state index contributed by atoms with van der Waals surface area (Å²) in [5, 5.41) is 7.89. The Kier molecular flexibility index (Phi) is 4.19. The van der Waals surface area contributed by atoms with Crippen molar-refractivity contribution in [3.8, 4) is 0 Å². The second kappa shape index (κ2) is 5.43. The van der Waals surface area contributed by atoms with E-state index < -0.39 is 25.3 Å². The standard InChI is InChI=1S/C10H17N3O5S2/c1-8-5-9(12-18-8)7-19(14,15)13-4-2-3-10(6-13)20(11,16)17/h5,10H,2-4,6-7H2,1H3,(H2,11,16,17). The fourth-order valence-corrected chi connectivity index (χ4v) is 4.67. The number of hydrogen-bond donors (Lipinski definition) is 1. The zero-order valence-electron chi connectivity index (χ0n) is 11.0. The first-order valence-corrected chi connectivity index (χ1v) is 9.32. The topological polar surface area (TPSA) is 124 Å². The molecule has 0 radical (unpaired) electrons. The van der Waals surface area contributed by atoms with Gasteiger partial charge in [0.15, 0.2) is 0 Å². The molecule has 1 aromatic heterocycles. The molecule has 0 spiro atoms. The van der Waals surface area contributed by atoms with Gasteiger partial charge >= 0.3 is 0 Å². The molecule has 1 saturated heterocycles. The van der Waals surface area contributed by atoms with E-state index in [9.17, 15) is 16.8 Å². The van der Waals surface area contributed by atoms with Crippen LogP contribution < -0.4 is 5.14 Å². The zero-order chi connectivity index (χ0) is 15.0. The minimum absolute atomic E-state index is 0.0992. The number of piperidine rings is 1. The van der Waals surface area contributed by atoms with Crippen LogP contribution in [0.5, 0.6) is 0 Å². The Morgan fingerprint density at radius 2 is 2.15 bits per heavy atom. The lowest BCUT2D eigenvalue weighted by Crippen LogP contribution is -2.47. The number of hydrogen-bond acceptors (Lipinski definition) is 6. The predicted molar refractivity (Wildman–Crippen MR) is 71.6 cm³/mol. The van der Waals surface area contributed by atoms with Gasteiger partial charge in [-0.3, -0.25) is 0 Å². The second-order valence-corrected chi connectivity index (χ2v) is 8.71. The van der Waals surface area contributed by atoms with Crippen LogP contribution in [0.2, 0.25) is 0 Å². The molecule has 1 aliphatic heterocycles. The smallest absolute Gasteiger partial charge is 0.220 e. The van der Waals surface area contributed by atoms with Crippen LogP contribution in [0.25, 0.3) is 0 Å². The number of sulfonamides is 2. The number of rotatable bonds is 4. The predicted octanol–water partition coefficient (Wildman–Crippen LogP) is -0.434. The third-order valence-corrected chi connectivity index (χ3v) is 6.30. The molecule has 1 unspecified atom stereocenters. The van der Waals surface area contributed by atoms with Gasteiger partial charge in [0, 0.05) is 19.2 Å². The lowest BCUT2D eigenvalue weighted by Gasteiger charge is -2.30. The molecule has 20 heavy (non-hydrogen) atoms. The maximum Gasteiger partial charge on any atom is 0.220 e. The maximum atomic E-state index is 12.2. The number of aromatic nitrogens is 1. The molecule has 1 aliphatic rings. The van der Waals surface area contributed by atoms with Crippen molar-refractivity contribution in [2.24, 2.45) is 5.14 Å². The summed E-state index contributed by atoms with van der Waals surface area (Å²) in [6.07, 6.45) is 0.853. The second-order valence-electron chi connectivity index (χ2n) is 4.90. The molecule has 2 heterocycles. The summed E-state index contributed by atoms with van der Waals surface area (Å²) < 4.78 is 53.2. The highest BCUT2D eigenvalue weighted by Crippen LogP contribution is 2.20. The van der Waals surface area contributed by atoms with Crippen LogP contribution in [0, 0.1) is 6.92 Å². The molecule has 2 N–H and O–H groups in total. The maximum absolute atomic E-state index is 12.2. The third kappa shape index (κ3) is 3.57. The summed E-state index contributed by atoms with van der Waals surface area (Å²) >= 11 is 0. The fourth-order valence-electron chi connectivity index (χ4n) is 2.19. The molecular weight excluding hydrogens is 306 g/mol. The minimum atomic E-state index is -3.73. The van der Waals surface area contributed by atoms with E-state index in [4.69, 9.17) is 9.66 Å². The molecule has 1 fully saturated rings. The SMILES string of the molecule is Cc1cc(CS(=O)(=O)N2CCCC(S(N)(=O)=O)C2)no1. The molecule has 10 heteroatoms. The molecule has 1 aromatic rings. The highest BCUT2D eigenvalue weighted by molar-refractivity contribution is 7.90. The molecule has 0 saturated carbocycles. The van der Waals surface area contributed by atoms with Crippen LogP contribution in [0.3, 0.4) is 0 Å². The quantitative estimate of drug-likeness (QED) is 0.801. The van der Waals surface area contributed by atoms with Crippen molar-refractivity contribution in [2.75, 3.05) is 13.1 Å².